The summed E-state index contributed by atoms with van der Waals surface area (Å²) in [5, 5.41) is 5.03. The van der Waals surface area contributed by atoms with Gasteiger partial charge in [0.1, 0.15) is 0 Å². The molecule has 3 N–H and O–H groups in total. The molecular formula is C26H30N4OS. The molecule has 166 valence electrons. The zero-order valence-electron chi connectivity index (χ0n) is 18.3. The van der Waals surface area contributed by atoms with Gasteiger partial charge >= 0.3 is 0 Å². The molecule has 1 aliphatic heterocycles. The number of thiophene rings is 1. The quantitative estimate of drug-likeness (QED) is 0.521. The second-order valence-electron chi connectivity index (χ2n) is 8.74. The zero-order valence-corrected chi connectivity index (χ0v) is 19.1. The van der Waals surface area contributed by atoms with Crippen LogP contribution in [0.3, 0.4) is 0 Å². The number of nitrogens with two attached hydrogens (primary N) is 1. The number of hydrogen-bond acceptors (Lipinski definition) is 5. The lowest BCUT2D eigenvalue weighted by Crippen LogP contribution is -2.49. The molecule has 6 heteroatoms. The van der Waals surface area contributed by atoms with E-state index in [1.807, 2.05) is 41.8 Å². The molecule has 32 heavy (non-hydrogen) atoms. The van der Waals surface area contributed by atoms with E-state index in [9.17, 15) is 4.79 Å². The van der Waals surface area contributed by atoms with Crippen molar-refractivity contribution in [2.75, 3.05) is 42.1 Å². The van der Waals surface area contributed by atoms with Crippen LogP contribution < -0.4 is 16.0 Å². The maximum atomic E-state index is 12.9. The van der Waals surface area contributed by atoms with Gasteiger partial charge < -0.3 is 16.0 Å². The van der Waals surface area contributed by atoms with Gasteiger partial charge in [0.25, 0.3) is 5.91 Å². The van der Waals surface area contributed by atoms with Crippen molar-refractivity contribution in [2.24, 2.45) is 0 Å². The second-order valence-corrected chi connectivity index (χ2v) is 9.69. The molecule has 1 amide bonds. The largest absolute Gasteiger partial charge is 0.397 e. The number of nitrogen functional groups attached to an aromatic ring is 1. The summed E-state index contributed by atoms with van der Waals surface area (Å²) >= 11 is 1.67. The Labute approximate surface area is 193 Å². The Morgan fingerprint density at radius 3 is 2.41 bits per heavy atom. The van der Waals surface area contributed by atoms with Crippen LogP contribution in [0.15, 0.2) is 60.0 Å². The number of benzene rings is 2. The number of carbonyl (C=O) groups excluding carboxylic acids is 1. The van der Waals surface area contributed by atoms with Gasteiger partial charge in [0.15, 0.2) is 0 Å². The van der Waals surface area contributed by atoms with Crippen molar-refractivity contribution >= 4 is 34.3 Å². The van der Waals surface area contributed by atoms with Crippen LogP contribution >= 0.6 is 11.3 Å². The third kappa shape index (κ3) is 4.52. The number of nitrogens with one attached hydrogen (secondary N) is 1. The number of anilines is 3. The number of nitrogens with zero attached hydrogens (tertiary/aromatic N) is 2. The van der Waals surface area contributed by atoms with E-state index < -0.39 is 0 Å². The van der Waals surface area contributed by atoms with Crippen LogP contribution in [0.2, 0.25) is 0 Å². The fraction of sp³-hybridized carbons (Fsp3) is 0.346. The highest BCUT2D eigenvalue weighted by Gasteiger charge is 2.26. The van der Waals surface area contributed by atoms with E-state index >= 15 is 0 Å². The fourth-order valence-corrected chi connectivity index (χ4v) is 5.62. The molecule has 0 bridgehead atoms. The molecule has 1 aliphatic carbocycles. The topological polar surface area (TPSA) is 61.6 Å². The molecule has 0 atom stereocenters. The van der Waals surface area contributed by atoms with Gasteiger partial charge in [-0.15, -0.1) is 11.3 Å². The van der Waals surface area contributed by atoms with Gasteiger partial charge in [0, 0.05) is 48.3 Å². The Kier molecular flexibility index (Phi) is 6.14. The number of carbonyl (C=O) groups is 1. The Hall–Kier alpha value is -2.83. The summed E-state index contributed by atoms with van der Waals surface area (Å²) in [7, 11) is 0. The summed E-state index contributed by atoms with van der Waals surface area (Å²) in [6, 6.07) is 18.6. The van der Waals surface area contributed by atoms with Gasteiger partial charge in [0.05, 0.1) is 11.4 Å². The Bertz CT molecular complexity index is 1050. The van der Waals surface area contributed by atoms with E-state index in [1.165, 1.54) is 31.4 Å². The summed E-state index contributed by atoms with van der Waals surface area (Å²) in [4.78, 5) is 19.1. The highest BCUT2D eigenvalue weighted by molar-refractivity contribution is 7.13. The zero-order chi connectivity index (χ0) is 21.9. The van der Waals surface area contributed by atoms with Gasteiger partial charge in [-0.3, -0.25) is 9.69 Å². The molecule has 0 unspecified atom stereocenters. The minimum absolute atomic E-state index is 0.141. The SMILES string of the molecule is Nc1ccc(-c2cccs2)cc1NC(=O)c1ccc(N2CCN(C3CCCC3)CC2)cc1. The molecule has 2 aromatic carbocycles. The minimum Gasteiger partial charge on any atom is -0.397 e. The smallest absolute Gasteiger partial charge is 0.255 e. The first-order valence-electron chi connectivity index (χ1n) is 11.5. The number of hydrogen-bond donors (Lipinski definition) is 2. The predicted octanol–water partition coefficient (Wildman–Crippen LogP) is 5.31. The van der Waals surface area contributed by atoms with E-state index in [4.69, 9.17) is 5.73 Å². The minimum atomic E-state index is -0.141. The molecule has 5 nitrogen and oxygen atoms in total. The van der Waals surface area contributed by atoms with Crippen molar-refractivity contribution in [2.45, 2.75) is 31.7 Å². The van der Waals surface area contributed by atoms with E-state index in [1.54, 1.807) is 11.3 Å². The molecule has 5 rings (SSSR count). The van der Waals surface area contributed by atoms with Gasteiger partial charge in [-0.25, -0.2) is 0 Å². The fourth-order valence-electron chi connectivity index (χ4n) is 4.89. The van der Waals surface area contributed by atoms with Crippen LogP contribution in [0, 0.1) is 0 Å². The molecule has 1 aromatic heterocycles. The molecule has 0 radical (unpaired) electrons. The molecule has 2 heterocycles. The molecule has 0 spiro atoms. The number of rotatable bonds is 5. The highest BCUT2D eigenvalue weighted by Crippen LogP contribution is 2.31. The van der Waals surface area contributed by atoms with Crippen LogP contribution in [0.25, 0.3) is 10.4 Å². The first kappa shape index (κ1) is 21.0. The number of piperazine rings is 1. The monoisotopic (exact) mass is 446 g/mol. The van der Waals surface area contributed by atoms with Crippen LogP contribution in [-0.4, -0.2) is 43.0 Å². The summed E-state index contributed by atoms with van der Waals surface area (Å²) in [5.41, 5.74) is 10.2. The lowest BCUT2D eigenvalue weighted by Gasteiger charge is -2.39. The van der Waals surface area contributed by atoms with E-state index in [2.05, 4.69) is 33.3 Å². The van der Waals surface area contributed by atoms with Crippen molar-refractivity contribution in [1.29, 1.82) is 0 Å². The first-order chi connectivity index (χ1) is 15.7. The third-order valence-corrected chi connectivity index (χ3v) is 7.68. The van der Waals surface area contributed by atoms with Crippen molar-refractivity contribution in [3.8, 4) is 10.4 Å². The molecule has 2 aliphatic rings. The molecule has 1 saturated heterocycles. The summed E-state index contributed by atoms with van der Waals surface area (Å²) in [5.74, 6) is -0.141. The molecule has 1 saturated carbocycles. The highest BCUT2D eigenvalue weighted by atomic mass is 32.1. The van der Waals surface area contributed by atoms with E-state index in [0.717, 1.165) is 42.7 Å². The third-order valence-electron chi connectivity index (χ3n) is 6.76. The van der Waals surface area contributed by atoms with Crippen LogP contribution in [0.1, 0.15) is 36.0 Å². The lowest BCUT2D eigenvalue weighted by molar-refractivity contribution is 0.102. The maximum absolute atomic E-state index is 12.9. The standard InChI is InChI=1S/C26H30N4OS/c27-23-12-9-20(25-6-3-17-32-25)18-24(23)28-26(31)19-7-10-22(11-8-19)30-15-13-29(14-16-30)21-4-1-2-5-21/h3,6-12,17-18,21H,1-2,4-5,13-16,27H2,(H,28,31). The molecule has 3 aromatic rings. The Morgan fingerprint density at radius 1 is 0.969 bits per heavy atom. The van der Waals surface area contributed by atoms with E-state index in [-0.39, 0.29) is 5.91 Å². The Balaban J connectivity index is 1.22. The normalized spacial score (nSPS) is 17.6. The molecular weight excluding hydrogens is 416 g/mol. The van der Waals surface area contributed by atoms with Gasteiger partial charge in [-0.05, 0) is 66.2 Å². The maximum Gasteiger partial charge on any atom is 0.255 e. The van der Waals surface area contributed by atoms with Crippen molar-refractivity contribution in [1.82, 2.24) is 4.90 Å². The van der Waals surface area contributed by atoms with Crippen LogP contribution in [0.4, 0.5) is 17.1 Å². The van der Waals surface area contributed by atoms with Crippen LogP contribution in [-0.2, 0) is 0 Å². The van der Waals surface area contributed by atoms with Crippen LogP contribution in [0.5, 0.6) is 0 Å². The van der Waals surface area contributed by atoms with E-state index in [0.29, 0.717) is 16.9 Å². The van der Waals surface area contributed by atoms with Gasteiger partial charge in [-0.2, -0.15) is 0 Å². The Morgan fingerprint density at radius 2 is 1.72 bits per heavy atom. The number of amides is 1. The second kappa shape index (κ2) is 9.35. The van der Waals surface area contributed by atoms with Crippen molar-refractivity contribution in [3.63, 3.8) is 0 Å². The van der Waals surface area contributed by atoms with Gasteiger partial charge in [-0.1, -0.05) is 25.0 Å². The predicted molar refractivity (Wildman–Crippen MR) is 135 cm³/mol. The molecule has 2 fully saturated rings. The lowest BCUT2D eigenvalue weighted by atomic mass is 10.1. The van der Waals surface area contributed by atoms with Crippen molar-refractivity contribution < 1.29 is 4.79 Å². The average molecular weight is 447 g/mol. The summed E-state index contributed by atoms with van der Waals surface area (Å²) in [6.07, 6.45) is 5.51. The first-order valence-corrected chi connectivity index (χ1v) is 12.4. The van der Waals surface area contributed by atoms with Crippen molar-refractivity contribution in [3.05, 3.63) is 65.5 Å². The summed E-state index contributed by atoms with van der Waals surface area (Å²) < 4.78 is 0. The average Bonchev–Trinajstić information content (AvgIpc) is 3.56. The summed E-state index contributed by atoms with van der Waals surface area (Å²) in [6.45, 7) is 4.36. The van der Waals surface area contributed by atoms with Gasteiger partial charge in [0.2, 0.25) is 0 Å².